The van der Waals surface area contributed by atoms with E-state index >= 15 is 0 Å². The summed E-state index contributed by atoms with van der Waals surface area (Å²) in [5.74, 6) is 1.97. The SMILES string of the molecule is COc1ccc(CCN2C(=O)CSc3ncccc32)cc1OC. The van der Waals surface area contributed by atoms with Crippen molar-refractivity contribution in [2.24, 2.45) is 0 Å². The average molecular weight is 330 g/mol. The highest BCUT2D eigenvalue weighted by Gasteiger charge is 2.25. The first-order valence-corrected chi connectivity index (χ1v) is 8.30. The zero-order valence-corrected chi connectivity index (χ0v) is 13.9. The van der Waals surface area contributed by atoms with Crippen molar-refractivity contribution in [1.29, 1.82) is 0 Å². The molecule has 0 radical (unpaired) electrons. The topological polar surface area (TPSA) is 51.7 Å². The van der Waals surface area contributed by atoms with E-state index in [0.717, 1.165) is 22.7 Å². The van der Waals surface area contributed by atoms with Crippen LogP contribution in [0.3, 0.4) is 0 Å². The van der Waals surface area contributed by atoms with E-state index < -0.39 is 0 Å². The summed E-state index contributed by atoms with van der Waals surface area (Å²) in [6.45, 7) is 0.619. The third-order valence-corrected chi connectivity index (χ3v) is 4.73. The molecule has 0 saturated carbocycles. The number of nitrogens with zero attached hydrogens (tertiary/aromatic N) is 2. The molecule has 120 valence electrons. The molecule has 2 aromatic rings. The number of benzene rings is 1. The number of ether oxygens (including phenoxy) is 2. The molecule has 0 atom stereocenters. The van der Waals surface area contributed by atoms with E-state index in [-0.39, 0.29) is 5.91 Å². The quantitative estimate of drug-likeness (QED) is 0.844. The molecule has 1 aromatic heterocycles. The number of rotatable bonds is 5. The molecule has 0 unspecified atom stereocenters. The van der Waals surface area contributed by atoms with Gasteiger partial charge in [0.15, 0.2) is 11.5 Å². The number of carbonyl (C=O) groups is 1. The van der Waals surface area contributed by atoms with Crippen LogP contribution in [-0.4, -0.2) is 37.4 Å². The monoisotopic (exact) mass is 330 g/mol. The Bertz CT molecular complexity index is 721. The van der Waals surface area contributed by atoms with Crippen molar-refractivity contribution in [3.63, 3.8) is 0 Å². The summed E-state index contributed by atoms with van der Waals surface area (Å²) in [5.41, 5.74) is 1.99. The van der Waals surface area contributed by atoms with E-state index in [4.69, 9.17) is 9.47 Å². The fourth-order valence-electron chi connectivity index (χ4n) is 2.56. The number of hydrogen-bond donors (Lipinski definition) is 0. The zero-order valence-electron chi connectivity index (χ0n) is 13.1. The maximum absolute atomic E-state index is 12.2. The fourth-order valence-corrected chi connectivity index (χ4v) is 3.44. The number of methoxy groups -OCH3 is 2. The lowest BCUT2D eigenvalue weighted by molar-refractivity contribution is -0.116. The molecule has 5 nitrogen and oxygen atoms in total. The molecular formula is C17H18N2O3S. The lowest BCUT2D eigenvalue weighted by atomic mass is 10.1. The molecule has 1 aromatic carbocycles. The van der Waals surface area contributed by atoms with Crippen LogP contribution in [-0.2, 0) is 11.2 Å². The van der Waals surface area contributed by atoms with Crippen molar-refractivity contribution in [2.45, 2.75) is 11.4 Å². The Balaban J connectivity index is 1.77. The number of fused-ring (bicyclic) bond motifs is 1. The van der Waals surface area contributed by atoms with Gasteiger partial charge >= 0.3 is 0 Å². The molecule has 6 heteroatoms. The number of thioether (sulfide) groups is 1. The smallest absolute Gasteiger partial charge is 0.237 e. The van der Waals surface area contributed by atoms with Gasteiger partial charge in [-0.15, -0.1) is 0 Å². The molecule has 0 bridgehead atoms. The summed E-state index contributed by atoms with van der Waals surface area (Å²) in [6.07, 6.45) is 2.50. The van der Waals surface area contributed by atoms with Crippen molar-refractivity contribution in [3.05, 3.63) is 42.1 Å². The summed E-state index contributed by atoms with van der Waals surface area (Å²) >= 11 is 1.49. The van der Waals surface area contributed by atoms with Crippen LogP contribution in [0.5, 0.6) is 11.5 Å². The molecule has 0 spiro atoms. The van der Waals surface area contributed by atoms with Gasteiger partial charge in [-0.2, -0.15) is 0 Å². The predicted molar refractivity (Wildman–Crippen MR) is 90.6 cm³/mol. The minimum Gasteiger partial charge on any atom is -0.493 e. The van der Waals surface area contributed by atoms with Crippen LogP contribution in [0, 0.1) is 0 Å². The Kier molecular flexibility index (Phi) is 4.71. The molecule has 23 heavy (non-hydrogen) atoms. The molecule has 0 N–H and O–H groups in total. The van der Waals surface area contributed by atoms with Gasteiger partial charge < -0.3 is 14.4 Å². The third-order valence-electron chi connectivity index (χ3n) is 3.75. The van der Waals surface area contributed by atoms with E-state index in [9.17, 15) is 4.79 Å². The maximum Gasteiger partial charge on any atom is 0.237 e. The van der Waals surface area contributed by atoms with Gasteiger partial charge in [0, 0.05) is 12.7 Å². The van der Waals surface area contributed by atoms with Gasteiger partial charge in [-0.1, -0.05) is 17.8 Å². The second kappa shape index (κ2) is 6.91. The zero-order chi connectivity index (χ0) is 16.2. The Morgan fingerprint density at radius 2 is 2.04 bits per heavy atom. The average Bonchev–Trinajstić information content (AvgIpc) is 2.60. The second-order valence-corrected chi connectivity index (χ2v) is 6.07. The highest BCUT2D eigenvalue weighted by molar-refractivity contribution is 8.00. The Hall–Kier alpha value is -2.21. The van der Waals surface area contributed by atoms with Crippen LogP contribution in [0.15, 0.2) is 41.6 Å². The highest BCUT2D eigenvalue weighted by Crippen LogP contribution is 2.33. The summed E-state index contributed by atoms with van der Waals surface area (Å²) < 4.78 is 10.6. The first-order chi connectivity index (χ1) is 11.2. The van der Waals surface area contributed by atoms with E-state index in [1.165, 1.54) is 11.8 Å². The molecule has 1 aliphatic heterocycles. The molecule has 0 saturated heterocycles. The lowest BCUT2D eigenvalue weighted by Crippen LogP contribution is -2.37. The molecule has 3 rings (SSSR count). The molecule has 2 heterocycles. The van der Waals surface area contributed by atoms with Crippen molar-refractivity contribution >= 4 is 23.4 Å². The van der Waals surface area contributed by atoms with Crippen LogP contribution >= 0.6 is 11.8 Å². The number of hydrogen-bond acceptors (Lipinski definition) is 5. The maximum atomic E-state index is 12.2. The van der Waals surface area contributed by atoms with Crippen LogP contribution in [0.1, 0.15) is 5.56 Å². The van der Waals surface area contributed by atoms with Crippen molar-refractivity contribution in [1.82, 2.24) is 4.98 Å². The standard InChI is InChI=1S/C17H18N2O3S/c1-21-14-6-5-12(10-15(14)22-2)7-9-19-13-4-3-8-18-17(13)23-11-16(19)20/h3-6,8,10H,7,9,11H2,1-2H3. The van der Waals surface area contributed by atoms with Crippen LogP contribution in [0.4, 0.5) is 5.69 Å². The third kappa shape index (κ3) is 3.27. The van der Waals surface area contributed by atoms with Gasteiger partial charge in [0.1, 0.15) is 5.03 Å². The predicted octanol–water partition coefficient (Wildman–Crippen LogP) is 2.78. The summed E-state index contributed by atoms with van der Waals surface area (Å²) in [6, 6.07) is 9.64. The van der Waals surface area contributed by atoms with Gasteiger partial charge in [-0.25, -0.2) is 4.98 Å². The highest BCUT2D eigenvalue weighted by atomic mass is 32.2. The number of pyridine rings is 1. The van der Waals surface area contributed by atoms with E-state index in [1.807, 2.05) is 35.2 Å². The van der Waals surface area contributed by atoms with Crippen LogP contribution < -0.4 is 14.4 Å². The second-order valence-electron chi connectivity index (χ2n) is 5.10. The Labute approximate surface area is 139 Å². The number of amides is 1. The van der Waals surface area contributed by atoms with E-state index in [1.54, 1.807) is 20.4 Å². The Morgan fingerprint density at radius 1 is 1.22 bits per heavy atom. The minimum absolute atomic E-state index is 0.121. The van der Waals surface area contributed by atoms with Crippen molar-refractivity contribution in [3.8, 4) is 11.5 Å². The van der Waals surface area contributed by atoms with Gasteiger partial charge in [0.05, 0.1) is 25.7 Å². The van der Waals surface area contributed by atoms with Crippen molar-refractivity contribution in [2.75, 3.05) is 31.4 Å². The lowest BCUT2D eigenvalue weighted by Gasteiger charge is -2.28. The van der Waals surface area contributed by atoms with Gasteiger partial charge in [0.2, 0.25) is 5.91 Å². The van der Waals surface area contributed by atoms with E-state index in [0.29, 0.717) is 23.8 Å². The number of aromatic nitrogens is 1. The molecular weight excluding hydrogens is 312 g/mol. The van der Waals surface area contributed by atoms with Crippen LogP contribution in [0.2, 0.25) is 0 Å². The van der Waals surface area contributed by atoms with Gasteiger partial charge in [-0.05, 0) is 36.2 Å². The Morgan fingerprint density at radius 3 is 2.83 bits per heavy atom. The summed E-state index contributed by atoms with van der Waals surface area (Å²) in [7, 11) is 3.24. The largest absolute Gasteiger partial charge is 0.493 e. The first kappa shape index (κ1) is 15.7. The first-order valence-electron chi connectivity index (χ1n) is 7.32. The normalized spacial score (nSPS) is 13.7. The summed E-state index contributed by atoms with van der Waals surface area (Å²) in [4.78, 5) is 18.4. The van der Waals surface area contributed by atoms with Gasteiger partial charge in [0.25, 0.3) is 0 Å². The van der Waals surface area contributed by atoms with Gasteiger partial charge in [-0.3, -0.25) is 4.79 Å². The molecule has 1 amide bonds. The van der Waals surface area contributed by atoms with Crippen molar-refractivity contribution < 1.29 is 14.3 Å². The van der Waals surface area contributed by atoms with Crippen LogP contribution in [0.25, 0.3) is 0 Å². The number of anilines is 1. The molecule has 0 aliphatic carbocycles. The molecule has 1 aliphatic rings. The van der Waals surface area contributed by atoms with E-state index in [2.05, 4.69) is 4.98 Å². The fraction of sp³-hybridized carbons (Fsp3) is 0.294. The number of carbonyl (C=O) groups excluding carboxylic acids is 1. The minimum atomic E-state index is 0.121. The summed E-state index contributed by atoms with van der Waals surface area (Å²) in [5, 5.41) is 0.916. The molecule has 0 fully saturated rings.